The van der Waals surface area contributed by atoms with Crippen molar-refractivity contribution in [3.05, 3.63) is 17.7 Å². The lowest BCUT2D eigenvalue weighted by atomic mass is 10.1. The molecule has 0 aromatic heterocycles. The van der Waals surface area contributed by atoms with Gasteiger partial charge in [0.15, 0.2) is 11.5 Å². The molecule has 0 heterocycles. The van der Waals surface area contributed by atoms with Gasteiger partial charge in [-0.3, -0.25) is 0 Å². The van der Waals surface area contributed by atoms with E-state index < -0.39 is 0 Å². The molecule has 0 unspecified atom stereocenters. The first-order valence-electron chi connectivity index (χ1n) is 5.25. The third-order valence-electron chi connectivity index (χ3n) is 2.01. The summed E-state index contributed by atoms with van der Waals surface area (Å²) in [6, 6.07) is 3.58. The topological polar surface area (TPSA) is 53.7 Å². The van der Waals surface area contributed by atoms with Crippen LogP contribution >= 0.6 is 0 Å². The van der Waals surface area contributed by atoms with Gasteiger partial charge in [-0.2, -0.15) is 0 Å². The maximum absolute atomic E-state index is 5.56. The van der Waals surface area contributed by atoms with Gasteiger partial charge in [-0.15, -0.1) is 0 Å². The van der Waals surface area contributed by atoms with Crippen LogP contribution in [-0.2, 0) is 6.54 Å². The van der Waals surface area contributed by atoms with E-state index in [-0.39, 0.29) is 0 Å². The summed E-state index contributed by atoms with van der Waals surface area (Å²) >= 11 is 0. The highest BCUT2D eigenvalue weighted by Crippen LogP contribution is 2.34. The molecule has 1 rings (SSSR count). The Kier molecular flexibility index (Phi) is 7.12. The average Bonchev–Trinajstić information content (AvgIpc) is 2.39. The van der Waals surface area contributed by atoms with Crippen LogP contribution in [-0.4, -0.2) is 21.3 Å². The summed E-state index contributed by atoms with van der Waals surface area (Å²) in [4.78, 5) is 0. The van der Waals surface area contributed by atoms with E-state index in [0.717, 1.165) is 5.56 Å². The van der Waals surface area contributed by atoms with Crippen LogP contribution < -0.4 is 19.9 Å². The van der Waals surface area contributed by atoms with Crippen LogP contribution in [0.1, 0.15) is 19.4 Å². The normalized spacial score (nSPS) is 8.88. The van der Waals surface area contributed by atoms with Crippen molar-refractivity contribution in [1.82, 2.24) is 0 Å². The van der Waals surface area contributed by atoms with Gasteiger partial charge in [0, 0.05) is 18.2 Å². The fourth-order valence-electron chi connectivity index (χ4n) is 1.25. The standard InChI is InChI=1S/C10H15NO3.C2H6/c1-12-8-5-10(14-3)9(13-2)4-7(8)6-11;1-2/h4-5H,6,11H2,1-3H3;1-2H3. The summed E-state index contributed by atoms with van der Waals surface area (Å²) in [5.74, 6) is 2.01. The van der Waals surface area contributed by atoms with Gasteiger partial charge in [-0.25, -0.2) is 0 Å². The Morgan fingerprint density at radius 2 is 1.31 bits per heavy atom. The van der Waals surface area contributed by atoms with Crippen molar-refractivity contribution in [1.29, 1.82) is 0 Å². The van der Waals surface area contributed by atoms with Crippen molar-refractivity contribution in [3.8, 4) is 17.2 Å². The number of benzene rings is 1. The largest absolute Gasteiger partial charge is 0.496 e. The SMILES string of the molecule is CC.COc1cc(OC)c(OC)cc1CN. The highest BCUT2D eigenvalue weighted by molar-refractivity contribution is 5.50. The number of hydrogen-bond donors (Lipinski definition) is 1. The molecule has 0 fully saturated rings. The Morgan fingerprint density at radius 3 is 1.69 bits per heavy atom. The van der Waals surface area contributed by atoms with Gasteiger partial charge >= 0.3 is 0 Å². The summed E-state index contributed by atoms with van der Waals surface area (Å²) in [6.07, 6.45) is 0. The molecule has 0 aliphatic rings. The van der Waals surface area contributed by atoms with E-state index in [2.05, 4.69) is 0 Å². The van der Waals surface area contributed by atoms with Gasteiger partial charge in [0.2, 0.25) is 0 Å². The van der Waals surface area contributed by atoms with E-state index in [1.165, 1.54) is 0 Å². The van der Waals surface area contributed by atoms with E-state index in [4.69, 9.17) is 19.9 Å². The molecule has 0 bridgehead atoms. The first kappa shape index (κ1) is 14.6. The van der Waals surface area contributed by atoms with Gasteiger partial charge in [-0.1, -0.05) is 13.8 Å². The third-order valence-corrected chi connectivity index (χ3v) is 2.01. The smallest absolute Gasteiger partial charge is 0.164 e. The van der Waals surface area contributed by atoms with Gasteiger partial charge in [0.1, 0.15) is 5.75 Å². The van der Waals surface area contributed by atoms with Crippen LogP contribution in [0.5, 0.6) is 17.2 Å². The van der Waals surface area contributed by atoms with Crippen molar-refractivity contribution < 1.29 is 14.2 Å². The number of methoxy groups -OCH3 is 3. The molecule has 0 saturated carbocycles. The van der Waals surface area contributed by atoms with E-state index in [1.54, 1.807) is 27.4 Å². The number of ether oxygens (including phenoxy) is 3. The summed E-state index contributed by atoms with van der Waals surface area (Å²) in [5, 5.41) is 0. The maximum atomic E-state index is 5.56. The lowest BCUT2D eigenvalue weighted by molar-refractivity contribution is 0.347. The molecule has 4 nitrogen and oxygen atoms in total. The number of nitrogens with two attached hydrogens (primary N) is 1. The van der Waals surface area contributed by atoms with Crippen LogP contribution in [0, 0.1) is 0 Å². The average molecular weight is 227 g/mol. The molecule has 0 aliphatic carbocycles. The van der Waals surface area contributed by atoms with Crippen molar-refractivity contribution in [2.75, 3.05) is 21.3 Å². The molecule has 4 heteroatoms. The fourth-order valence-corrected chi connectivity index (χ4v) is 1.25. The van der Waals surface area contributed by atoms with Crippen LogP contribution in [0.15, 0.2) is 12.1 Å². The number of rotatable bonds is 4. The van der Waals surface area contributed by atoms with E-state index in [1.807, 2.05) is 19.9 Å². The second-order valence-corrected chi connectivity index (χ2v) is 2.72. The van der Waals surface area contributed by atoms with Crippen molar-refractivity contribution in [2.45, 2.75) is 20.4 Å². The predicted molar refractivity (Wildman–Crippen MR) is 65.3 cm³/mol. The molecule has 0 amide bonds. The lowest BCUT2D eigenvalue weighted by Crippen LogP contribution is -2.01. The molecule has 0 radical (unpaired) electrons. The first-order valence-corrected chi connectivity index (χ1v) is 5.25. The van der Waals surface area contributed by atoms with Crippen molar-refractivity contribution in [3.63, 3.8) is 0 Å². The zero-order valence-electron chi connectivity index (χ0n) is 10.7. The Morgan fingerprint density at radius 1 is 0.875 bits per heavy atom. The lowest BCUT2D eigenvalue weighted by Gasteiger charge is -2.12. The third kappa shape index (κ3) is 3.31. The van der Waals surface area contributed by atoms with Gasteiger partial charge in [0.05, 0.1) is 21.3 Å². The molecular weight excluding hydrogens is 206 g/mol. The minimum absolute atomic E-state index is 0.406. The zero-order chi connectivity index (χ0) is 12.6. The van der Waals surface area contributed by atoms with Gasteiger partial charge in [-0.05, 0) is 6.07 Å². The van der Waals surface area contributed by atoms with Gasteiger partial charge in [0.25, 0.3) is 0 Å². The molecule has 0 atom stereocenters. The Balaban J connectivity index is 0.00000106. The van der Waals surface area contributed by atoms with Crippen LogP contribution in [0.2, 0.25) is 0 Å². The monoisotopic (exact) mass is 227 g/mol. The Hall–Kier alpha value is -1.42. The fraction of sp³-hybridized carbons (Fsp3) is 0.500. The summed E-state index contributed by atoms with van der Waals surface area (Å²) in [5.41, 5.74) is 6.46. The highest BCUT2D eigenvalue weighted by atomic mass is 16.5. The van der Waals surface area contributed by atoms with Crippen molar-refractivity contribution in [2.24, 2.45) is 5.73 Å². The molecule has 0 spiro atoms. The molecule has 1 aromatic carbocycles. The van der Waals surface area contributed by atoms with E-state index in [0.29, 0.717) is 23.8 Å². The summed E-state index contributed by atoms with van der Waals surface area (Å²) < 4.78 is 15.4. The summed E-state index contributed by atoms with van der Waals surface area (Å²) in [7, 11) is 4.77. The molecule has 16 heavy (non-hydrogen) atoms. The van der Waals surface area contributed by atoms with E-state index in [9.17, 15) is 0 Å². The molecular formula is C12H21NO3. The minimum atomic E-state index is 0.406. The molecule has 0 saturated heterocycles. The van der Waals surface area contributed by atoms with Crippen molar-refractivity contribution >= 4 is 0 Å². The molecule has 2 N–H and O–H groups in total. The van der Waals surface area contributed by atoms with Crippen LogP contribution in [0.4, 0.5) is 0 Å². The Bertz CT molecular complexity index is 255. The van der Waals surface area contributed by atoms with E-state index >= 15 is 0 Å². The first-order chi connectivity index (χ1) is 7.76. The number of hydrogen-bond acceptors (Lipinski definition) is 4. The zero-order valence-corrected chi connectivity index (χ0v) is 10.7. The molecule has 0 aliphatic heterocycles. The molecule has 1 aromatic rings. The predicted octanol–water partition coefficient (Wildman–Crippen LogP) is 2.20. The second kappa shape index (κ2) is 7.82. The highest BCUT2D eigenvalue weighted by Gasteiger charge is 2.09. The second-order valence-electron chi connectivity index (χ2n) is 2.72. The molecule has 92 valence electrons. The van der Waals surface area contributed by atoms with Crippen LogP contribution in [0.3, 0.4) is 0 Å². The summed E-state index contributed by atoms with van der Waals surface area (Å²) in [6.45, 7) is 4.41. The minimum Gasteiger partial charge on any atom is -0.496 e. The van der Waals surface area contributed by atoms with Crippen LogP contribution in [0.25, 0.3) is 0 Å². The quantitative estimate of drug-likeness (QED) is 0.856. The van der Waals surface area contributed by atoms with Gasteiger partial charge < -0.3 is 19.9 Å². The Labute approximate surface area is 97.3 Å². The maximum Gasteiger partial charge on any atom is 0.164 e.